The zero-order valence-electron chi connectivity index (χ0n) is 10.8. The smallest absolute Gasteiger partial charge is 0.128 e. The summed E-state index contributed by atoms with van der Waals surface area (Å²) in [4.78, 5) is 2.12. The van der Waals surface area contributed by atoms with Crippen molar-refractivity contribution < 1.29 is 14.2 Å². The average Bonchev–Trinajstić information content (AvgIpc) is 2.70. The number of fused-ring (bicyclic) bond motifs is 1. The Kier molecular flexibility index (Phi) is 3.54. The molecule has 0 saturated heterocycles. The van der Waals surface area contributed by atoms with Crippen molar-refractivity contribution in [3.05, 3.63) is 23.3 Å². The molecule has 1 unspecified atom stereocenters. The third-order valence-electron chi connectivity index (χ3n) is 2.98. The minimum atomic E-state index is 0.101. The predicted molar refractivity (Wildman–Crippen MR) is 65.6 cm³/mol. The van der Waals surface area contributed by atoms with E-state index in [9.17, 15) is 0 Å². The summed E-state index contributed by atoms with van der Waals surface area (Å²) in [5, 5.41) is 0. The van der Waals surface area contributed by atoms with E-state index < -0.39 is 0 Å². The van der Waals surface area contributed by atoms with Crippen molar-refractivity contribution >= 4 is 0 Å². The normalized spacial score (nSPS) is 18.3. The van der Waals surface area contributed by atoms with Crippen LogP contribution in [0.25, 0.3) is 0 Å². The minimum Gasteiger partial charge on any atom is -0.497 e. The zero-order valence-corrected chi connectivity index (χ0v) is 10.8. The SMILES string of the molecule is COc1cc(OC)c2c(c1)C(CN(C)C)OC2. The molecule has 0 bridgehead atoms. The van der Waals surface area contributed by atoms with Crippen molar-refractivity contribution in [2.75, 3.05) is 34.9 Å². The highest BCUT2D eigenvalue weighted by molar-refractivity contribution is 5.49. The van der Waals surface area contributed by atoms with Crippen molar-refractivity contribution in [3.63, 3.8) is 0 Å². The maximum absolute atomic E-state index is 5.80. The monoisotopic (exact) mass is 237 g/mol. The third kappa shape index (κ3) is 2.37. The number of likely N-dealkylation sites (N-methyl/N-ethyl adjacent to an activating group) is 1. The molecule has 0 aromatic heterocycles. The number of benzene rings is 1. The summed E-state index contributed by atoms with van der Waals surface area (Å²) in [6, 6.07) is 3.94. The fraction of sp³-hybridized carbons (Fsp3) is 0.538. The minimum absolute atomic E-state index is 0.101. The van der Waals surface area contributed by atoms with Crippen LogP contribution in [0.15, 0.2) is 12.1 Å². The highest BCUT2D eigenvalue weighted by Gasteiger charge is 2.27. The lowest BCUT2D eigenvalue weighted by molar-refractivity contribution is 0.0471. The standard InChI is InChI=1S/C13H19NO3/c1-14(2)7-13-10-5-9(15-3)6-12(16-4)11(10)8-17-13/h5-6,13H,7-8H2,1-4H3. The molecule has 1 aromatic rings. The van der Waals surface area contributed by atoms with E-state index in [2.05, 4.69) is 4.90 Å². The molecule has 94 valence electrons. The van der Waals surface area contributed by atoms with E-state index in [1.54, 1.807) is 14.2 Å². The van der Waals surface area contributed by atoms with Gasteiger partial charge in [0, 0.05) is 18.2 Å². The number of hydrogen-bond acceptors (Lipinski definition) is 4. The maximum Gasteiger partial charge on any atom is 0.128 e. The van der Waals surface area contributed by atoms with Crippen LogP contribution in [0.5, 0.6) is 11.5 Å². The largest absolute Gasteiger partial charge is 0.497 e. The quantitative estimate of drug-likeness (QED) is 0.799. The molecule has 0 aliphatic carbocycles. The summed E-state index contributed by atoms with van der Waals surface area (Å²) in [5.41, 5.74) is 2.31. The van der Waals surface area contributed by atoms with E-state index >= 15 is 0 Å². The van der Waals surface area contributed by atoms with Crippen LogP contribution in [-0.4, -0.2) is 39.8 Å². The molecule has 1 heterocycles. The van der Waals surface area contributed by atoms with Crippen LogP contribution in [0.2, 0.25) is 0 Å². The Morgan fingerprint density at radius 1 is 1.29 bits per heavy atom. The number of methoxy groups -OCH3 is 2. The van der Waals surface area contributed by atoms with E-state index in [1.165, 1.54) is 5.56 Å². The summed E-state index contributed by atoms with van der Waals surface area (Å²) < 4.78 is 16.5. The van der Waals surface area contributed by atoms with E-state index in [-0.39, 0.29) is 6.10 Å². The van der Waals surface area contributed by atoms with Gasteiger partial charge in [-0.25, -0.2) is 0 Å². The fourth-order valence-corrected chi connectivity index (χ4v) is 2.14. The molecule has 4 heteroatoms. The van der Waals surface area contributed by atoms with Gasteiger partial charge in [0.15, 0.2) is 0 Å². The molecule has 1 aliphatic heterocycles. The first-order chi connectivity index (χ1) is 8.15. The van der Waals surface area contributed by atoms with Gasteiger partial charge in [0.25, 0.3) is 0 Å². The van der Waals surface area contributed by atoms with Crippen LogP contribution in [-0.2, 0) is 11.3 Å². The second kappa shape index (κ2) is 4.94. The van der Waals surface area contributed by atoms with Gasteiger partial charge in [0.2, 0.25) is 0 Å². The summed E-state index contributed by atoms with van der Waals surface area (Å²) >= 11 is 0. The van der Waals surface area contributed by atoms with Gasteiger partial charge in [0.05, 0.1) is 26.9 Å². The molecular formula is C13H19NO3. The molecule has 17 heavy (non-hydrogen) atoms. The molecule has 0 spiro atoms. The van der Waals surface area contributed by atoms with Gasteiger partial charge >= 0.3 is 0 Å². The predicted octanol–water partition coefficient (Wildman–Crippen LogP) is 1.84. The molecule has 0 fully saturated rings. The second-order valence-corrected chi connectivity index (χ2v) is 4.46. The number of hydrogen-bond donors (Lipinski definition) is 0. The molecule has 4 nitrogen and oxygen atoms in total. The molecule has 0 amide bonds. The van der Waals surface area contributed by atoms with Crippen LogP contribution in [0.3, 0.4) is 0 Å². The van der Waals surface area contributed by atoms with Crippen molar-refractivity contribution in [3.8, 4) is 11.5 Å². The summed E-state index contributed by atoms with van der Waals surface area (Å²) in [6.45, 7) is 1.48. The van der Waals surface area contributed by atoms with E-state index in [0.29, 0.717) is 6.61 Å². The van der Waals surface area contributed by atoms with Gasteiger partial charge in [-0.3, -0.25) is 0 Å². The Hall–Kier alpha value is -1.26. The van der Waals surface area contributed by atoms with E-state index in [0.717, 1.165) is 23.6 Å². The highest BCUT2D eigenvalue weighted by atomic mass is 16.5. The molecule has 0 N–H and O–H groups in total. The Morgan fingerprint density at radius 2 is 2.06 bits per heavy atom. The zero-order chi connectivity index (χ0) is 12.4. The number of nitrogens with zero attached hydrogens (tertiary/aromatic N) is 1. The van der Waals surface area contributed by atoms with Crippen LogP contribution in [0.4, 0.5) is 0 Å². The lowest BCUT2D eigenvalue weighted by Crippen LogP contribution is -2.19. The Labute approximate surface area is 102 Å². The molecule has 2 rings (SSSR count). The van der Waals surface area contributed by atoms with E-state index in [1.807, 2.05) is 26.2 Å². The highest BCUT2D eigenvalue weighted by Crippen LogP contribution is 2.39. The van der Waals surface area contributed by atoms with Crippen LogP contribution in [0.1, 0.15) is 17.2 Å². The van der Waals surface area contributed by atoms with Crippen molar-refractivity contribution in [1.82, 2.24) is 4.90 Å². The summed E-state index contributed by atoms with van der Waals surface area (Å²) in [5.74, 6) is 1.66. The van der Waals surface area contributed by atoms with Gasteiger partial charge < -0.3 is 19.1 Å². The second-order valence-electron chi connectivity index (χ2n) is 4.46. The molecule has 0 radical (unpaired) electrons. The van der Waals surface area contributed by atoms with Crippen LogP contribution >= 0.6 is 0 Å². The van der Waals surface area contributed by atoms with E-state index in [4.69, 9.17) is 14.2 Å². The lowest BCUT2D eigenvalue weighted by atomic mass is 10.0. The van der Waals surface area contributed by atoms with Gasteiger partial charge in [-0.15, -0.1) is 0 Å². The van der Waals surface area contributed by atoms with Crippen molar-refractivity contribution in [1.29, 1.82) is 0 Å². The van der Waals surface area contributed by atoms with Crippen molar-refractivity contribution in [2.45, 2.75) is 12.7 Å². The first-order valence-electron chi connectivity index (χ1n) is 5.66. The molecular weight excluding hydrogens is 218 g/mol. The molecule has 1 aromatic carbocycles. The first kappa shape index (κ1) is 12.2. The van der Waals surface area contributed by atoms with Gasteiger partial charge in [-0.2, -0.15) is 0 Å². The maximum atomic E-state index is 5.80. The Balaban J connectivity index is 2.36. The van der Waals surface area contributed by atoms with Gasteiger partial charge in [-0.05, 0) is 25.7 Å². The summed E-state index contributed by atoms with van der Waals surface area (Å²) in [7, 11) is 7.42. The number of ether oxygens (including phenoxy) is 3. The number of rotatable bonds is 4. The Morgan fingerprint density at radius 3 is 2.65 bits per heavy atom. The molecule has 0 saturated carbocycles. The average molecular weight is 237 g/mol. The fourth-order valence-electron chi connectivity index (χ4n) is 2.14. The third-order valence-corrected chi connectivity index (χ3v) is 2.98. The summed E-state index contributed by atoms with van der Waals surface area (Å²) in [6.07, 6.45) is 0.101. The van der Waals surface area contributed by atoms with Gasteiger partial charge in [0.1, 0.15) is 11.5 Å². The van der Waals surface area contributed by atoms with Crippen LogP contribution < -0.4 is 9.47 Å². The lowest BCUT2D eigenvalue weighted by Gasteiger charge is -2.17. The molecule has 1 atom stereocenters. The van der Waals surface area contributed by atoms with Crippen LogP contribution in [0, 0.1) is 0 Å². The topological polar surface area (TPSA) is 30.9 Å². The van der Waals surface area contributed by atoms with Gasteiger partial charge in [-0.1, -0.05) is 0 Å². The first-order valence-corrected chi connectivity index (χ1v) is 5.66. The van der Waals surface area contributed by atoms with Crippen molar-refractivity contribution in [2.24, 2.45) is 0 Å². The Bertz CT molecular complexity index is 404. The molecule has 1 aliphatic rings.